The summed E-state index contributed by atoms with van der Waals surface area (Å²) in [6.45, 7) is 4.37. The summed E-state index contributed by atoms with van der Waals surface area (Å²) in [6, 6.07) is 2.86. The Morgan fingerprint density at radius 1 is 0.979 bits per heavy atom. The summed E-state index contributed by atoms with van der Waals surface area (Å²) in [6.07, 6.45) is 3.03. The molecule has 2 rings (SSSR count). The van der Waals surface area contributed by atoms with Gasteiger partial charge in [0.25, 0.3) is 0 Å². The van der Waals surface area contributed by atoms with E-state index in [4.69, 9.17) is 5.73 Å². The van der Waals surface area contributed by atoms with Crippen LogP contribution in [-0.4, -0.2) is 106 Å². The number of hydrogen-bond acceptors (Lipinski definition) is 9. The maximum atomic E-state index is 13.4. The number of carboxylic acids is 1. The number of carbonyl (C=O) groups is 6. The van der Waals surface area contributed by atoms with Crippen LogP contribution in [-0.2, 0) is 35.2 Å². The molecule has 1 aromatic rings. The number of nitrogens with two attached hydrogens (primary N) is 1. The van der Waals surface area contributed by atoms with Gasteiger partial charge in [0, 0.05) is 25.1 Å². The lowest BCUT2D eigenvalue weighted by molar-refractivity contribution is -0.142. The first-order valence-corrected chi connectivity index (χ1v) is 16.8. The first-order valence-electron chi connectivity index (χ1n) is 16.2. The summed E-state index contributed by atoms with van der Waals surface area (Å²) in [5, 5.41) is 30.7. The number of aliphatic hydroxyl groups excluding tert-OH is 1. The highest BCUT2D eigenvalue weighted by Crippen LogP contribution is 2.19. The molecular formula is C32H50N6O8S. The zero-order chi connectivity index (χ0) is 34.9. The van der Waals surface area contributed by atoms with Gasteiger partial charge < -0.3 is 42.1 Å². The van der Waals surface area contributed by atoms with E-state index in [1.165, 1.54) is 11.8 Å². The number of nitrogens with zero attached hydrogens (tertiary/aromatic N) is 1. The Labute approximate surface area is 281 Å². The fourth-order valence-electron chi connectivity index (χ4n) is 5.36. The number of benzene rings is 1. The number of thiol groups is 1. The van der Waals surface area contributed by atoms with Crippen molar-refractivity contribution in [3.05, 3.63) is 35.9 Å². The maximum Gasteiger partial charge on any atom is 0.326 e. The fraction of sp³-hybridized carbons (Fsp3) is 0.625. The molecular weight excluding hydrogens is 628 g/mol. The molecule has 1 aliphatic rings. The minimum Gasteiger partial charge on any atom is -0.480 e. The smallest absolute Gasteiger partial charge is 0.326 e. The maximum absolute atomic E-state index is 13.4. The predicted molar refractivity (Wildman–Crippen MR) is 178 cm³/mol. The van der Waals surface area contributed by atoms with E-state index in [0.29, 0.717) is 31.5 Å². The second-order valence-corrected chi connectivity index (χ2v) is 12.2. The number of nitrogens with one attached hydrogen (secondary N) is 4. The lowest BCUT2D eigenvalue weighted by atomic mass is 10.0. The van der Waals surface area contributed by atoms with Crippen LogP contribution >= 0.6 is 12.6 Å². The summed E-state index contributed by atoms with van der Waals surface area (Å²) in [5.41, 5.74) is 5.92. The van der Waals surface area contributed by atoms with E-state index in [9.17, 15) is 39.0 Å². The average molecular weight is 679 g/mol. The van der Waals surface area contributed by atoms with Crippen molar-refractivity contribution in [2.24, 2.45) is 5.73 Å². The van der Waals surface area contributed by atoms with Gasteiger partial charge in [0.1, 0.15) is 24.2 Å². The van der Waals surface area contributed by atoms with Crippen molar-refractivity contribution in [2.75, 3.05) is 18.8 Å². The first-order chi connectivity index (χ1) is 22.4. The number of likely N-dealkylation sites (tertiary alicyclic amines) is 1. The minimum atomic E-state index is -1.53. The van der Waals surface area contributed by atoms with Crippen LogP contribution < -0.4 is 27.0 Å². The van der Waals surface area contributed by atoms with Crippen LogP contribution in [0.25, 0.3) is 0 Å². The molecule has 6 atom stereocenters. The number of amides is 5. The molecule has 14 nitrogen and oxygen atoms in total. The number of carboxylic acid groups (broad SMARTS) is 1. The van der Waals surface area contributed by atoms with Crippen molar-refractivity contribution < 1.29 is 39.0 Å². The van der Waals surface area contributed by atoms with E-state index in [-0.39, 0.29) is 30.9 Å². The average Bonchev–Trinajstić information content (AvgIpc) is 3.53. The Morgan fingerprint density at radius 2 is 1.66 bits per heavy atom. The van der Waals surface area contributed by atoms with Crippen LogP contribution in [0.4, 0.5) is 0 Å². The Bertz CT molecular complexity index is 1200. The number of carbonyl (C=O) groups excluding carboxylic acids is 5. The van der Waals surface area contributed by atoms with Gasteiger partial charge in [-0.05, 0) is 44.7 Å². The van der Waals surface area contributed by atoms with Crippen molar-refractivity contribution >= 4 is 48.1 Å². The Hall–Kier alpha value is -3.69. The van der Waals surface area contributed by atoms with Gasteiger partial charge in [-0.25, -0.2) is 4.79 Å². The predicted octanol–water partition coefficient (Wildman–Crippen LogP) is -0.126. The number of rotatable bonds is 21. The van der Waals surface area contributed by atoms with Gasteiger partial charge in [0.2, 0.25) is 29.5 Å². The van der Waals surface area contributed by atoms with Gasteiger partial charge >= 0.3 is 5.97 Å². The molecule has 0 aromatic heterocycles. The topological polar surface area (TPSA) is 220 Å². The third kappa shape index (κ3) is 13.1. The molecule has 0 aliphatic carbocycles. The summed E-state index contributed by atoms with van der Waals surface area (Å²) in [4.78, 5) is 78.2. The number of primary amides is 1. The lowest BCUT2D eigenvalue weighted by Gasteiger charge is -2.30. The third-order valence-corrected chi connectivity index (χ3v) is 8.38. The van der Waals surface area contributed by atoms with Gasteiger partial charge in [0.05, 0.1) is 12.1 Å². The summed E-state index contributed by atoms with van der Waals surface area (Å²) in [7, 11) is 0. The molecule has 0 radical (unpaired) electrons. The summed E-state index contributed by atoms with van der Waals surface area (Å²) < 4.78 is 0. The van der Waals surface area contributed by atoms with Crippen molar-refractivity contribution in [3.63, 3.8) is 0 Å². The normalized spacial score (nSPS) is 17.5. The van der Waals surface area contributed by atoms with Crippen molar-refractivity contribution in [2.45, 2.75) is 108 Å². The number of aliphatic carboxylic acids is 1. The molecule has 1 heterocycles. The highest BCUT2D eigenvalue weighted by atomic mass is 32.1. The summed E-state index contributed by atoms with van der Waals surface area (Å²) >= 11 is 4.33. The molecule has 15 heteroatoms. The van der Waals surface area contributed by atoms with Crippen molar-refractivity contribution in [3.8, 4) is 0 Å². The number of unbranched alkanes of at least 4 members (excludes halogenated alkanes) is 3. The van der Waals surface area contributed by atoms with Crippen LogP contribution in [0.15, 0.2) is 30.3 Å². The van der Waals surface area contributed by atoms with E-state index >= 15 is 0 Å². The number of hydrogen-bond donors (Lipinski definition) is 8. The molecule has 1 aromatic carbocycles. The van der Waals surface area contributed by atoms with Gasteiger partial charge in [0.15, 0.2) is 0 Å². The zero-order valence-corrected chi connectivity index (χ0v) is 28.0. The zero-order valence-electron chi connectivity index (χ0n) is 27.2. The van der Waals surface area contributed by atoms with Gasteiger partial charge in [-0.1, -0.05) is 56.5 Å². The largest absolute Gasteiger partial charge is 0.480 e. The molecule has 0 saturated carbocycles. The molecule has 1 aliphatic heterocycles. The molecule has 0 spiro atoms. The Balaban J connectivity index is 2.12. The van der Waals surface area contributed by atoms with Gasteiger partial charge in [-0.3, -0.25) is 24.0 Å². The van der Waals surface area contributed by atoms with Crippen LogP contribution in [0, 0.1) is 0 Å². The second kappa shape index (κ2) is 20.5. The second-order valence-electron chi connectivity index (χ2n) is 11.8. The van der Waals surface area contributed by atoms with E-state index in [2.05, 4.69) is 40.8 Å². The van der Waals surface area contributed by atoms with Gasteiger partial charge in [-0.2, -0.15) is 12.6 Å². The molecule has 8 N–H and O–H groups in total. The molecule has 262 valence electrons. The molecule has 1 fully saturated rings. The molecule has 1 saturated heterocycles. The third-order valence-electron chi connectivity index (χ3n) is 8.01. The minimum absolute atomic E-state index is 0.0379. The van der Waals surface area contributed by atoms with Gasteiger partial charge in [-0.15, -0.1) is 0 Å². The quantitative estimate of drug-likeness (QED) is 0.0641. The van der Waals surface area contributed by atoms with E-state index < -0.39 is 65.9 Å². The van der Waals surface area contributed by atoms with E-state index in [1.54, 1.807) is 30.3 Å². The van der Waals surface area contributed by atoms with Crippen LogP contribution in [0.5, 0.6) is 0 Å². The van der Waals surface area contributed by atoms with Crippen molar-refractivity contribution in [1.82, 2.24) is 26.2 Å². The Kier molecular flexibility index (Phi) is 17.2. The summed E-state index contributed by atoms with van der Waals surface area (Å²) in [5.74, 6) is -4.57. The monoisotopic (exact) mass is 678 g/mol. The molecule has 47 heavy (non-hydrogen) atoms. The molecule has 0 unspecified atom stereocenters. The van der Waals surface area contributed by atoms with Crippen LogP contribution in [0.2, 0.25) is 0 Å². The molecule has 5 amide bonds. The SMILES string of the molecule is CCCCCCN[C@@H](CS)C(=O)N1CCC[C@H]1C(=O)N[C@H](C(=O)N[C@@H](CCC(N)=O)C(=O)N[C@@H](Cc1ccccc1)C(=O)O)[C@@H](C)O. The van der Waals surface area contributed by atoms with Crippen LogP contribution in [0.3, 0.4) is 0 Å². The number of aliphatic hydroxyl groups is 1. The standard InChI is InChI=1S/C32H50N6O8S/c1-3-4-5-9-16-34-24(19-47)31(44)38-17-10-13-25(38)29(42)37-27(20(2)39)30(43)35-22(14-15-26(33)40)28(41)36-23(32(45)46)18-21-11-7-6-8-12-21/h6-8,11-12,20,22-25,27,34,39,47H,3-5,9-10,13-19H2,1-2H3,(H2,33,40)(H,35,43)(H,36,41)(H,37,42)(H,45,46)/t20-,22+,23+,24+,25+,27+/m1/s1. The highest BCUT2D eigenvalue weighted by Gasteiger charge is 2.39. The highest BCUT2D eigenvalue weighted by molar-refractivity contribution is 7.80. The fourth-order valence-corrected chi connectivity index (χ4v) is 5.64. The van der Waals surface area contributed by atoms with E-state index in [0.717, 1.165) is 25.7 Å². The lowest BCUT2D eigenvalue weighted by Crippen LogP contribution is -2.61. The Morgan fingerprint density at radius 3 is 2.26 bits per heavy atom. The molecule has 0 bridgehead atoms. The van der Waals surface area contributed by atoms with E-state index in [1.807, 2.05) is 0 Å². The van der Waals surface area contributed by atoms with Crippen LogP contribution in [0.1, 0.15) is 70.8 Å². The first kappa shape index (κ1) is 39.5. The van der Waals surface area contributed by atoms with Crippen molar-refractivity contribution in [1.29, 1.82) is 0 Å².